The highest BCUT2D eigenvalue weighted by molar-refractivity contribution is 8.00. The van der Waals surface area contributed by atoms with E-state index in [0.717, 1.165) is 0 Å². The Morgan fingerprint density at radius 3 is 2.50 bits per heavy atom. The van der Waals surface area contributed by atoms with Crippen LogP contribution in [0.5, 0.6) is 0 Å². The monoisotopic (exact) mass is 226 g/mol. The number of alkyl halides is 1. The minimum Gasteiger partial charge on any atom is -0.122 e. The Morgan fingerprint density at radius 2 is 1.93 bits per heavy atom. The molecule has 0 spiro atoms. The van der Waals surface area contributed by atoms with Crippen molar-refractivity contribution in [2.24, 2.45) is 0 Å². The second kappa shape index (κ2) is 4.59. The molecule has 0 aromatic heterocycles. The summed E-state index contributed by atoms with van der Waals surface area (Å²) in [5.74, 6) is 0. The molecule has 76 valence electrons. The van der Waals surface area contributed by atoms with Gasteiger partial charge in [0.15, 0.2) is 0 Å². The zero-order valence-electron chi connectivity index (χ0n) is 8.37. The third-order valence-corrected chi connectivity index (χ3v) is 4.76. The first-order valence-electron chi connectivity index (χ1n) is 5.13. The lowest BCUT2D eigenvalue weighted by Crippen LogP contribution is -2.08. The Kier molecular flexibility index (Phi) is 3.40. The molecular formula is C12H15ClS. The van der Waals surface area contributed by atoms with E-state index in [1.165, 1.54) is 29.7 Å². The highest BCUT2D eigenvalue weighted by atomic mass is 35.5. The van der Waals surface area contributed by atoms with Crippen LogP contribution in [0.1, 0.15) is 24.8 Å². The Hall–Kier alpha value is -0.140. The third-order valence-electron chi connectivity index (χ3n) is 2.68. The molecule has 0 N–H and O–H groups in total. The van der Waals surface area contributed by atoms with Gasteiger partial charge in [0.25, 0.3) is 0 Å². The molecule has 1 aromatic carbocycles. The smallest absolute Gasteiger partial charge is 0.0458 e. The maximum Gasteiger partial charge on any atom is 0.0458 e. The molecule has 14 heavy (non-hydrogen) atoms. The molecular weight excluding hydrogens is 212 g/mol. The summed E-state index contributed by atoms with van der Waals surface area (Å²) in [7, 11) is 0. The van der Waals surface area contributed by atoms with Gasteiger partial charge in [-0.25, -0.2) is 0 Å². The Bertz CT molecular complexity index is 294. The lowest BCUT2D eigenvalue weighted by molar-refractivity contribution is 0.888. The Morgan fingerprint density at radius 1 is 1.21 bits per heavy atom. The van der Waals surface area contributed by atoms with Crippen molar-refractivity contribution in [3.8, 4) is 0 Å². The minimum atomic E-state index is 0.376. The number of rotatable bonds is 2. The highest BCUT2D eigenvalue weighted by Gasteiger charge is 2.25. The van der Waals surface area contributed by atoms with Crippen LogP contribution in [0.3, 0.4) is 0 Å². The van der Waals surface area contributed by atoms with Crippen molar-refractivity contribution in [2.75, 3.05) is 0 Å². The summed E-state index contributed by atoms with van der Waals surface area (Å²) in [6.07, 6.45) is 3.75. The zero-order valence-corrected chi connectivity index (χ0v) is 9.94. The first kappa shape index (κ1) is 10.4. The average molecular weight is 227 g/mol. The summed E-state index contributed by atoms with van der Waals surface area (Å²) in [6.45, 7) is 2.12. The molecule has 0 aliphatic heterocycles. The molecule has 1 aromatic rings. The second-order valence-electron chi connectivity index (χ2n) is 3.92. The highest BCUT2D eigenvalue weighted by Crippen LogP contribution is 2.37. The first-order chi connectivity index (χ1) is 6.75. The summed E-state index contributed by atoms with van der Waals surface area (Å²) < 4.78 is 0. The van der Waals surface area contributed by atoms with E-state index < -0.39 is 0 Å². The lowest BCUT2D eigenvalue weighted by Gasteiger charge is -2.12. The molecule has 1 fully saturated rings. The number of benzene rings is 1. The number of thioether (sulfide) groups is 1. The lowest BCUT2D eigenvalue weighted by atomic mass is 10.2. The van der Waals surface area contributed by atoms with Gasteiger partial charge >= 0.3 is 0 Å². The number of halogens is 1. The van der Waals surface area contributed by atoms with Gasteiger partial charge in [-0.1, -0.05) is 24.1 Å². The molecule has 0 nitrogen and oxygen atoms in total. The quantitative estimate of drug-likeness (QED) is 0.680. The standard InChI is InChI=1S/C12H15ClS/c1-9-5-7-10(8-6-9)14-12-4-2-3-11(12)13/h5-8,11-12H,2-4H2,1H3. The molecule has 1 aliphatic rings. The van der Waals surface area contributed by atoms with Gasteiger partial charge in [0, 0.05) is 15.5 Å². The van der Waals surface area contributed by atoms with Crippen LogP contribution in [0.2, 0.25) is 0 Å². The van der Waals surface area contributed by atoms with Crippen LogP contribution >= 0.6 is 23.4 Å². The van der Waals surface area contributed by atoms with E-state index in [1.807, 2.05) is 11.8 Å². The van der Waals surface area contributed by atoms with Crippen LogP contribution < -0.4 is 0 Å². The van der Waals surface area contributed by atoms with Crippen LogP contribution in [0, 0.1) is 6.92 Å². The molecule has 1 aliphatic carbocycles. The maximum absolute atomic E-state index is 6.24. The van der Waals surface area contributed by atoms with Crippen molar-refractivity contribution in [3.05, 3.63) is 29.8 Å². The van der Waals surface area contributed by atoms with Gasteiger partial charge in [-0.15, -0.1) is 23.4 Å². The van der Waals surface area contributed by atoms with Crippen molar-refractivity contribution in [1.29, 1.82) is 0 Å². The van der Waals surface area contributed by atoms with Crippen LogP contribution in [0.4, 0.5) is 0 Å². The Labute approximate surface area is 95.0 Å². The van der Waals surface area contributed by atoms with Gasteiger partial charge in [-0.3, -0.25) is 0 Å². The zero-order chi connectivity index (χ0) is 9.97. The van der Waals surface area contributed by atoms with Gasteiger partial charge in [-0.05, 0) is 31.9 Å². The van der Waals surface area contributed by atoms with Gasteiger partial charge in [0.05, 0.1) is 0 Å². The topological polar surface area (TPSA) is 0 Å². The molecule has 0 heterocycles. The molecule has 1 saturated carbocycles. The molecule has 0 radical (unpaired) electrons. The molecule has 0 saturated heterocycles. The third kappa shape index (κ3) is 2.46. The van der Waals surface area contributed by atoms with Gasteiger partial charge in [0.1, 0.15) is 0 Å². The molecule has 2 unspecified atom stereocenters. The van der Waals surface area contributed by atoms with Crippen molar-refractivity contribution in [3.63, 3.8) is 0 Å². The van der Waals surface area contributed by atoms with E-state index in [9.17, 15) is 0 Å². The van der Waals surface area contributed by atoms with Crippen molar-refractivity contribution in [2.45, 2.75) is 41.7 Å². The van der Waals surface area contributed by atoms with Crippen molar-refractivity contribution >= 4 is 23.4 Å². The predicted octanol–water partition coefficient (Wildman–Crippen LogP) is 4.25. The maximum atomic E-state index is 6.24. The summed E-state index contributed by atoms with van der Waals surface area (Å²) in [4.78, 5) is 1.35. The Balaban J connectivity index is 2.00. The van der Waals surface area contributed by atoms with Gasteiger partial charge in [0.2, 0.25) is 0 Å². The first-order valence-corrected chi connectivity index (χ1v) is 6.45. The largest absolute Gasteiger partial charge is 0.122 e. The normalized spacial score (nSPS) is 26.7. The molecule has 0 bridgehead atoms. The predicted molar refractivity (Wildman–Crippen MR) is 64.3 cm³/mol. The van der Waals surface area contributed by atoms with Gasteiger partial charge in [-0.2, -0.15) is 0 Å². The van der Waals surface area contributed by atoms with Crippen LogP contribution in [-0.4, -0.2) is 10.6 Å². The van der Waals surface area contributed by atoms with Crippen LogP contribution in [0.15, 0.2) is 29.2 Å². The van der Waals surface area contributed by atoms with Crippen molar-refractivity contribution in [1.82, 2.24) is 0 Å². The summed E-state index contributed by atoms with van der Waals surface area (Å²) in [5.41, 5.74) is 1.32. The fourth-order valence-corrected chi connectivity index (χ4v) is 3.45. The number of aryl methyl sites for hydroxylation is 1. The number of hydrogen-bond acceptors (Lipinski definition) is 1. The van der Waals surface area contributed by atoms with E-state index in [0.29, 0.717) is 10.6 Å². The summed E-state index contributed by atoms with van der Waals surface area (Å²) >= 11 is 8.17. The van der Waals surface area contributed by atoms with E-state index in [1.54, 1.807) is 0 Å². The average Bonchev–Trinajstić information content (AvgIpc) is 2.56. The van der Waals surface area contributed by atoms with Crippen LogP contribution in [0.25, 0.3) is 0 Å². The summed E-state index contributed by atoms with van der Waals surface area (Å²) in [6, 6.07) is 8.73. The fraction of sp³-hybridized carbons (Fsp3) is 0.500. The molecule has 2 heteroatoms. The summed E-state index contributed by atoms with van der Waals surface area (Å²) in [5, 5.41) is 1.00. The van der Waals surface area contributed by atoms with E-state index in [4.69, 9.17) is 11.6 Å². The van der Waals surface area contributed by atoms with E-state index in [-0.39, 0.29) is 0 Å². The van der Waals surface area contributed by atoms with Crippen LogP contribution in [-0.2, 0) is 0 Å². The second-order valence-corrected chi connectivity index (χ2v) is 5.79. The SMILES string of the molecule is Cc1ccc(SC2CCCC2Cl)cc1. The molecule has 2 rings (SSSR count). The fourth-order valence-electron chi connectivity index (χ4n) is 1.81. The van der Waals surface area contributed by atoms with E-state index in [2.05, 4.69) is 31.2 Å². The minimum absolute atomic E-state index is 0.376. The molecule has 0 amide bonds. The van der Waals surface area contributed by atoms with Crippen molar-refractivity contribution < 1.29 is 0 Å². The number of hydrogen-bond donors (Lipinski definition) is 0. The molecule has 2 atom stereocenters. The van der Waals surface area contributed by atoms with E-state index >= 15 is 0 Å². The van der Waals surface area contributed by atoms with Gasteiger partial charge < -0.3 is 0 Å².